The second-order valence-electron chi connectivity index (χ2n) is 10.4. The van der Waals surface area contributed by atoms with Gasteiger partial charge in [0.15, 0.2) is 5.82 Å². The summed E-state index contributed by atoms with van der Waals surface area (Å²) < 4.78 is 29.7. The summed E-state index contributed by atoms with van der Waals surface area (Å²) in [5.74, 6) is 1.31. The summed E-state index contributed by atoms with van der Waals surface area (Å²) in [7, 11) is -3.47. The van der Waals surface area contributed by atoms with Crippen LogP contribution in [0.1, 0.15) is 44.1 Å². The number of nitrogens with two attached hydrogens (primary N) is 1. The third-order valence-corrected chi connectivity index (χ3v) is 8.56. The smallest absolute Gasteiger partial charge is 0.255 e. The number of pyridine rings is 1. The maximum atomic E-state index is 12.0. The molecule has 0 saturated heterocycles. The van der Waals surface area contributed by atoms with Gasteiger partial charge in [-0.1, -0.05) is 30.3 Å². The molecule has 4 heterocycles. The number of hydrogen-bond donors (Lipinski definition) is 2. The van der Waals surface area contributed by atoms with Crippen LogP contribution in [0, 0.1) is 0 Å². The first-order valence-electron chi connectivity index (χ1n) is 13.6. The van der Waals surface area contributed by atoms with Crippen LogP contribution >= 0.6 is 0 Å². The van der Waals surface area contributed by atoms with Crippen molar-refractivity contribution in [1.29, 1.82) is 0 Å². The Morgan fingerprint density at radius 1 is 1.14 bits per heavy atom. The third kappa shape index (κ3) is 5.91. The van der Waals surface area contributed by atoms with E-state index in [4.69, 9.17) is 10.8 Å². The first-order chi connectivity index (χ1) is 20.3. The molecule has 5 aromatic rings. The van der Waals surface area contributed by atoms with Crippen LogP contribution < -0.4 is 11.1 Å². The zero-order chi connectivity index (χ0) is 29.3. The molecule has 12 nitrogen and oxygen atoms in total. The Hall–Kier alpha value is -4.91. The normalized spacial score (nSPS) is 14.3. The van der Waals surface area contributed by atoms with E-state index in [9.17, 15) is 8.42 Å². The van der Waals surface area contributed by atoms with E-state index in [1.807, 2.05) is 42.6 Å². The van der Waals surface area contributed by atoms with E-state index in [-0.39, 0.29) is 22.8 Å². The van der Waals surface area contributed by atoms with Gasteiger partial charge < -0.3 is 15.6 Å². The molecule has 1 fully saturated rings. The maximum absolute atomic E-state index is 12.0. The lowest BCUT2D eigenvalue weighted by Crippen LogP contribution is -2.06. The largest absolute Gasteiger partial charge is 0.396 e. The zero-order valence-electron chi connectivity index (χ0n) is 23.2. The Morgan fingerprint density at radius 3 is 2.71 bits per heavy atom. The van der Waals surface area contributed by atoms with Crippen molar-refractivity contribution in [3.8, 4) is 11.3 Å². The van der Waals surface area contributed by atoms with Gasteiger partial charge in [0.2, 0.25) is 0 Å². The lowest BCUT2D eigenvalue weighted by molar-refractivity contribution is 0.592. The van der Waals surface area contributed by atoms with Gasteiger partial charge in [0.05, 0.1) is 29.2 Å². The van der Waals surface area contributed by atoms with Crippen LogP contribution in [0.25, 0.3) is 27.9 Å². The number of anilines is 2. The number of hydrogen-bond acceptors (Lipinski definition) is 9. The van der Waals surface area contributed by atoms with Crippen molar-refractivity contribution in [2.24, 2.45) is 10.1 Å². The first-order valence-corrected chi connectivity index (χ1v) is 15.1. The highest BCUT2D eigenvalue weighted by molar-refractivity contribution is 7.91. The van der Waals surface area contributed by atoms with Gasteiger partial charge in [-0.2, -0.15) is 19.4 Å². The van der Waals surface area contributed by atoms with Crippen molar-refractivity contribution in [2.45, 2.75) is 44.5 Å². The number of rotatable bonds is 10. The van der Waals surface area contributed by atoms with Gasteiger partial charge in [-0.25, -0.2) is 23.4 Å². The molecular weight excluding hydrogens is 552 g/mol. The van der Waals surface area contributed by atoms with Crippen molar-refractivity contribution in [3.63, 3.8) is 0 Å². The monoisotopic (exact) mass is 582 g/mol. The number of sulfonamides is 1. The number of benzene rings is 1. The van der Waals surface area contributed by atoms with Gasteiger partial charge in [0.25, 0.3) is 10.0 Å². The topological polar surface area (TPSA) is 159 Å². The summed E-state index contributed by atoms with van der Waals surface area (Å²) in [4.78, 5) is 15.0. The summed E-state index contributed by atoms with van der Waals surface area (Å²) in [5, 5.41) is 13.0. The third-order valence-electron chi connectivity index (χ3n) is 6.83. The van der Waals surface area contributed by atoms with E-state index in [1.165, 1.54) is 12.3 Å². The molecule has 13 heteroatoms. The summed E-state index contributed by atoms with van der Waals surface area (Å²) >= 11 is 0. The van der Waals surface area contributed by atoms with Crippen LogP contribution in [0.15, 0.2) is 77.7 Å². The number of nitrogens with zero attached hydrogens (tertiary/aromatic N) is 8. The average molecular weight is 583 g/mol. The van der Waals surface area contributed by atoms with Crippen molar-refractivity contribution in [3.05, 3.63) is 84.7 Å². The van der Waals surface area contributed by atoms with E-state index in [0.29, 0.717) is 31.0 Å². The quantitative estimate of drug-likeness (QED) is 0.229. The Labute approximate surface area is 243 Å². The lowest BCUT2D eigenvalue weighted by Gasteiger charge is -2.11. The molecule has 0 spiro atoms. The molecular formula is C29H30N10O2S. The summed E-state index contributed by atoms with van der Waals surface area (Å²) in [6.07, 6.45) is 11.1. The van der Waals surface area contributed by atoms with E-state index >= 15 is 0 Å². The van der Waals surface area contributed by atoms with Crippen LogP contribution in [0.3, 0.4) is 0 Å². The van der Waals surface area contributed by atoms with Gasteiger partial charge in [0.1, 0.15) is 17.3 Å². The molecule has 4 aromatic heterocycles. The van der Waals surface area contributed by atoms with E-state index in [0.717, 1.165) is 27.7 Å². The molecule has 0 aliphatic heterocycles. The molecule has 0 radical (unpaired) electrons. The molecule has 0 unspecified atom stereocenters. The van der Waals surface area contributed by atoms with Crippen LogP contribution in [0.5, 0.6) is 0 Å². The van der Waals surface area contributed by atoms with Crippen molar-refractivity contribution >= 4 is 44.5 Å². The average Bonchev–Trinajstić information content (AvgIpc) is 3.64. The van der Waals surface area contributed by atoms with Gasteiger partial charge in [-0.3, -0.25) is 0 Å². The molecule has 0 atom stereocenters. The summed E-state index contributed by atoms with van der Waals surface area (Å²) in [6, 6.07) is 13.9. The summed E-state index contributed by atoms with van der Waals surface area (Å²) in [5.41, 5.74) is 10.1. The number of nitrogens with one attached hydrogen (secondary N) is 1. The van der Waals surface area contributed by atoms with Gasteiger partial charge in [-0.05, 0) is 44.4 Å². The minimum Gasteiger partial charge on any atom is -0.396 e. The molecule has 42 heavy (non-hydrogen) atoms. The lowest BCUT2D eigenvalue weighted by atomic mass is 10.2. The number of fused-ring (bicyclic) bond motifs is 1. The Balaban J connectivity index is 1.24. The highest BCUT2D eigenvalue weighted by atomic mass is 32.2. The predicted octanol–water partition coefficient (Wildman–Crippen LogP) is 4.32. The van der Waals surface area contributed by atoms with Gasteiger partial charge in [-0.15, -0.1) is 0 Å². The molecule has 214 valence electrons. The SMILES string of the molecule is CC(C)n1cc(-c2cnn(Cc3ccccc3)n2)c2cnc(Nc3ccnc(C(N)=CC=NS(=O)(=O)C4CC4)n3)cc21. The Kier molecular flexibility index (Phi) is 7.25. The highest BCUT2D eigenvalue weighted by Crippen LogP contribution is 2.33. The van der Waals surface area contributed by atoms with Crippen LogP contribution in [0.4, 0.5) is 11.6 Å². The second kappa shape index (κ2) is 11.2. The minimum atomic E-state index is -3.47. The van der Waals surface area contributed by atoms with E-state index < -0.39 is 10.0 Å². The highest BCUT2D eigenvalue weighted by Gasteiger charge is 2.35. The minimum absolute atomic E-state index is 0.190. The van der Waals surface area contributed by atoms with Gasteiger partial charge >= 0.3 is 0 Å². The molecule has 1 aromatic carbocycles. The summed E-state index contributed by atoms with van der Waals surface area (Å²) in [6.45, 7) is 4.82. The van der Waals surface area contributed by atoms with Gasteiger partial charge in [0, 0.05) is 47.9 Å². The fourth-order valence-electron chi connectivity index (χ4n) is 4.51. The van der Waals surface area contributed by atoms with Crippen LogP contribution in [-0.2, 0) is 16.6 Å². The molecule has 0 bridgehead atoms. The van der Waals surface area contributed by atoms with Crippen molar-refractivity contribution in [2.75, 3.05) is 5.32 Å². The molecule has 1 saturated carbocycles. The Morgan fingerprint density at radius 2 is 1.95 bits per heavy atom. The molecule has 0 amide bonds. The maximum Gasteiger partial charge on any atom is 0.255 e. The first kappa shape index (κ1) is 27.3. The molecule has 1 aliphatic carbocycles. The predicted molar refractivity (Wildman–Crippen MR) is 163 cm³/mol. The fraction of sp³-hybridized carbons (Fsp3) is 0.241. The van der Waals surface area contributed by atoms with Crippen LogP contribution in [-0.4, -0.2) is 54.4 Å². The van der Waals surface area contributed by atoms with E-state index in [1.54, 1.807) is 23.3 Å². The van der Waals surface area contributed by atoms with Crippen LogP contribution in [0.2, 0.25) is 0 Å². The van der Waals surface area contributed by atoms with Crippen molar-refractivity contribution in [1.82, 2.24) is 34.5 Å². The zero-order valence-corrected chi connectivity index (χ0v) is 24.0. The second-order valence-corrected chi connectivity index (χ2v) is 12.3. The van der Waals surface area contributed by atoms with E-state index in [2.05, 4.69) is 54.4 Å². The standard InChI is InChI=1S/C29H30N10O2S/c1-19(2)38-18-23(25-16-33-39(37-25)17-20-6-4-3-5-7-20)22-15-32-28(14-26(22)38)35-27-11-12-31-29(36-27)24(30)10-13-34-42(40,41)21-8-9-21/h3-7,10-16,18-19,21H,8-9,17,30H2,1-2H3,(H,31,32,35,36). The number of aromatic nitrogens is 7. The molecule has 6 rings (SSSR count). The number of allylic oxidation sites excluding steroid dienone is 1. The molecule has 3 N–H and O–H groups in total. The van der Waals surface area contributed by atoms with Crippen molar-refractivity contribution < 1.29 is 8.42 Å². The fourth-order valence-corrected chi connectivity index (χ4v) is 5.64. The Bertz CT molecular complexity index is 1910. The molecule has 1 aliphatic rings.